The summed E-state index contributed by atoms with van der Waals surface area (Å²) in [4.78, 5) is 24.8. The number of aliphatic carboxylic acids is 1. The first kappa shape index (κ1) is 14.4. The number of hydrogen-bond acceptors (Lipinski definition) is 2. The smallest absolute Gasteiger partial charge is 0.323 e. The van der Waals surface area contributed by atoms with Crippen molar-refractivity contribution in [3.63, 3.8) is 0 Å². The number of carboxylic acid groups (broad SMARTS) is 1. The van der Waals surface area contributed by atoms with Crippen molar-refractivity contribution in [1.29, 1.82) is 0 Å². The molecule has 0 saturated heterocycles. The number of amides is 1. The third-order valence-corrected chi connectivity index (χ3v) is 5.63. The maximum atomic E-state index is 12.2. The number of carbonyl (C=O) groups excluding carboxylic acids is 1. The van der Waals surface area contributed by atoms with Gasteiger partial charge in [0.15, 0.2) is 0 Å². The Kier molecular flexibility index (Phi) is 3.23. The van der Waals surface area contributed by atoms with Crippen LogP contribution in [-0.4, -0.2) is 34.5 Å². The highest BCUT2D eigenvalue weighted by molar-refractivity contribution is 5.94. The van der Waals surface area contributed by atoms with Crippen molar-refractivity contribution in [2.24, 2.45) is 17.3 Å². The van der Waals surface area contributed by atoms with Crippen molar-refractivity contribution < 1.29 is 14.7 Å². The van der Waals surface area contributed by atoms with Crippen molar-refractivity contribution in [1.82, 2.24) is 4.90 Å². The van der Waals surface area contributed by atoms with Crippen LogP contribution in [0, 0.1) is 17.3 Å². The first-order valence-electron chi connectivity index (χ1n) is 7.72. The fourth-order valence-corrected chi connectivity index (χ4v) is 4.60. The van der Waals surface area contributed by atoms with E-state index in [1.54, 1.807) is 6.08 Å². The van der Waals surface area contributed by atoms with Crippen LogP contribution in [0.25, 0.3) is 0 Å². The molecule has 0 unspecified atom stereocenters. The lowest BCUT2D eigenvalue weighted by atomic mass is 9.56. The van der Waals surface area contributed by atoms with E-state index in [-0.39, 0.29) is 23.9 Å². The zero-order valence-corrected chi connectivity index (χ0v) is 12.9. The SMILES string of the molecule is CC1=C[C@H]2C[C@H]3C(=CC(=O)N3CC(=O)O)C(C)(C)[C@@H]2CC1. The Hall–Kier alpha value is -1.58. The predicted molar refractivity (Wildman–Crippen MR) is 79.6 cm³/mol. The lowest BCUT2D eigenvalue weighted by Crippen LogP contribution is -2.49. The summed E-state index contributed by atoms with van der Waals surface area (Å²) in [6.07, 6.45) is 7.23. The van der Waals surface area contributed by atoms with E-state index in [2.05, 4.69) is 26.8 Å². The van der Waals surface area contributed by atoms with Crippen LogP contribution in [0.1, 0.15) is 40.0 Å². The number of allylic oxidation sites excluding steroid dienone is 2. The summed E-state index contributed by atoms with van der Waals surface area (Å²) in [6, 6.07) is -0.0352. The Morgan fingerprint density at radius 1 is 1.48 bits per heavy atom. The van der Waals surface area contributed by atoms with Crippen LogP contribution in [0.2, 0.25) is 0 Å². The first-order valence-corrected chi connectivity index (χ1v) is 7.72. The van der Waals surface area contributed by atoms with Gasteiger partial charge < -0.3 is 10.0 Å². The summed E-state index contributed by atoms with van der Waals surface area (Å²) in [6.45, 7) is 6.41. The molecule has 0 spiro atoms. The predicted octanol–water partition coefficient (Wildman–Crippen LogP) is 2.61. The first-order chi connectivity index (χ1) is 9.80. The van der Waals surface area contributed by atoms with Gasteiger partial charge in [0.2, 0.25) is 5.91 Å². The molecule has 4 heteroatoms. The summed E-state index contributed by atoms with van der Waals surface area (Å²) in [5.41, 5.74) is 2.53. The number of rotatable bonds is 2. The molecule has 1 aliphatic heterocycles. The van der Waals surface area contributed by atoms with E-state index < -0.39 is 5.97 Å². The molecule has 0 bridgehead atoms. The zero-order chi connectivity index (χ0) is 15.4. The molecule has 1 N–H and O–H groups in total. The zero-order valence-electron chi connectivity index (χ0n) is 12.9. The van der Waals surface area contributed by atoms with Crippen LogP contribution in [0.3, 0.4) is 0 Å². The van der Waals surface area contributed by atoms with Gasteiger partial charge >= 0.3 is 5.97 Å². The minimum absolute atomic E-state index is 0.0340. The lowest BCUT2D eigenvalue weighted by Gasteiger charge is -2.50. The second kappa shape index (κ2) is 4.72. The van der Waals surface area contributed by atoms with E-state index in [1.165, 1.54) is 10.5 Å². The molecule has 1 amide bonds. The van der Waals surface area contributed by atoms with Crippen molar-refractivity contribution in [3.8, 4) is 0 Å². The molecule has 21 heavy (non-hydrogen) atoms. The van der Waals surface area contributed by atoms with Crippen molar-refractivity contribution in [2.75, 3.05) is 6.54 Å². The third kappa shape index (κ3) is 2.21. The highest BCUT2D eigenvalue weighted by Gasteiger charge is 2.51. The summed E-state index contributed by atoms with van der Waals surface area (Å²) < 4.78 is 0. The van der Waals surface area contributed by atoms with E-state index >= 15 is 0 Å². The minimum Gasteiger partial charge on any atom is -0.480 e. The van der Waals surface area contributed by atoms with E-state index in [9.17, 15) is 9.59 Å². The molecule has 1 heterocycles. The standard InChI is InChI=1S/C17H23NO3/c1-10-4-5-12-11(6-10)7-14-13(17(12,2)3)8-15(19)18(14)9-16(20)21/h6,8,11-12,14H,4-5,7,9H2,1-3H3,(H,20,21)/t11-,12+,14-/m0/s1. The number of carbonyl (C=O) groups is 2. The maximum Gasteiger partial charge on any atom is 0.323 e. The Morgan fingerprint density at radius 3 is 2.86 bits per heavy atom. The van der Waals surface area contributed by atoms with Gasteiger partial charge in [0.05, 0.1) is 6.04 Å². The highest BCUT2D eigenvalue weighted by Crippen LogP contribution is 2.54. The Labute approximate surface area is 125 Å². The lowest BCUT2D eigenvalue weighted by molar-refractivity contribution is -0.143. The van der Waals surface area contributed by atoms with Gasteiger partial charge in [-0.25, -0.2) is 0 Å². The molecule has 4 nitrogen and oxygen atoms in total. The normalized spacial score (nSPS) is 34.0. The van der Waals surface area contributed by atoms with Crippen LogP contribution in [0.5, 0.6) is 0 Å². The van der Waals surface area contributed by atoms with E-state index in [1.807, 2.05) is 0 Å². The largest absolute Gasteiger partial charge is 0.480 e. The van der Waals surface area contributed by atoms with Gasteiger partial charge in [-0.2, -0.15) is 0 Å². The van der Waals surface area contributed by atoms with E-state index in [4.69, 9.17) is 5.11 Å². The van der Waals surface area contributed by atoms with Crippen LogP contribution in [0.4, 0.5) is 0 Å². The van der Waals surface area contributed by atoms with Crippen LogP contribution < -0.4 is 0 Å². The van der Waals surface area contributed by atoms with Crippen molar-refractivity contribution in [2.45, 2.75) is 46.1 Å². The molecular formula is C17H23NO3. The van der Waals surface area contributed by atoms with Gasteiger partial charge in [-0.05, 0) is 49.0 Å². The second-order valence-electron chi connectivity index (χ2n) is 7.25. The summed E-state index contributed by atoms with van der Waals surface area (Å²) in [5, 5.41) is 9.06. The molecule has 1 saturated carbocycles. The summed E-state index contributed by atoms with van der Waals surface area (Å²) in [7, 11) is 0. The summed E-state index contributed by atoms with van der Waals surface area (Å²) >= 11 is 0. The molecule has 3 atom stereocenters. The molecule has 0 aromatic heterocycles. The number of fused-ring (bicyclic) bond motifs is 2. The minimum atomic E-state index is -0.937. The Morgan fingerprint density at radius 2 is 2.19 bits per heavy atom. The molecule has 2 aliphatic carbocycles. The number of carboxylic acids is 1. The van der Waals surface area contributed by atoms with Crippen molar-refractivity contribution in [3.05, 3.63) is 23.3 Å². The van der Waals surface area contributed by atoms with E-state index in [0.29, 0.717) is 11.8 Å². The molecule has 1 fully saturated rings. The van der Waals surface area contributed by atoms with Gasteiger partial charge in [0.1, 0.15) is 6.54 Å². The van der Waals surface area contributed by atoms with Crippen LogP contribution in [0.15, 0.2) is 23.3 Å². The van der Waals surface area contributed by atoms with Gasteiger partial charge in [0, 0.05) is 6.08 Å². The van der Waals surface area contributed by atoms with Gasteiger partial charge in [-0.3, -0.25) is 9.59 Å². The molecule has 3 aliphatic rings. The molecule has 114 valence electrons. The average molecular weight is 289 g/mol. The average Bonchev–Trinajstić information content (AvgIpc) is 2.67. The number of hydrogen-bond donors (Lipinski definition) is 1. The van der Waals surface area contributed by atoms with Crippen LogP contribution >= 0.6 is 0 Å². The summed E-state index contributed by atoms with van der Waals surface area (Å²) in [5.74, 6) is -0.0579. The topological polar surface area (TPSA) is 57.6 Å². The fraction of sp³-hybridized carbons (Fsp3) is 0.647. The van der Waals surface area contributed by atoms with Crippen molar-refractivity contribution >= 4 is 11.9 Å². The highest BCUT2D eigenvalue weighted by atomic mass is 16.4. The quantitative estimate of drug-likeness (QED) is 0.795. The molecule has 3 rings (SSSR count). The molecule has 0 aromatic rings. The molecule has 0 radical (unpaired) electrons. The fourth-order valence-electron chi connectivity index (χ4n) is 4.60. The monoisotopic (exact) mass is 289 g/mol. The van der Waals surface area contributed by atoms with Gasteiger partial charge in [-0.15, -0.1) is 0 Å². The Balaban J connectivity index is 1.96. The van der Waals surface area contributed by atoms with Gasteiger partial charge in [-0.1, -0.05) is 25.5 Å². The molecular weight excluding hydrogens is 266 g/mol. The second-order valence-corrected chi connectivity index (χ2v) is 7.25. The third-order valence-electron chi connectivity index (χ3n) is 5.63. The van der Waals surface area contributed by atoms with E-state index in [0.717, 1.165) is 24.8 Å². The molecule has 0 aromatic carbocycles. The number of nitrogens with zero attached hydrogens (tertiary/aromatic N) is 1. The van der Waals surface area contributed by atoms with Crippen LogP contribution in [-0.2, 0) is 9.59 Å². The van der Waals surface area contributed by atoms with Gasteiger partial charge in [0.25, 0.3) is 0 Å². The maximum absolute atomic E-state index is 12.2. The Bertz CT molecular complexity index is 558.